The third-order valence-electron chi connectivity index (χ3n) is 8.35. The van der Waals surface area contributed by atoms with Crippen LogP contribution in [0.2, 0.25) is 0 Å². The molecule has 5 atom stereocenters. The topological polar surface area (TPSA) is 160 Å². The van der Waals surface area contributed by atoms with Crippen molar-refractivity contribution in [3.8, 4) is 0 Å². The van der Waals surface area contributed by atoms with E-state index in [1.165, 1.54) is 4.90 Å². The Bertz CT molecular complexity index is 1000. The van der Waals surface area contributed by atoms with Crippen LogP contribution in [0.3, 0.4) is 0 Å². The van der Waals surface area contributed by atoms with Crippen LogP contribution in [0, 0.1) is 22.7 Å². The number of carbonyl (C=O) groups is 6. The molecule has 3 N–H and O–H groups in total. The predicted octanol–water partition coefficient (Wildman–Crippen LogP) is 1.98. The molecule has 0 bridgehead atoms. The summed E-state index contributed by atoms with van der Waals surface area (Å²) in [7, 11) is 0. The van der Waals surface area contributed by atoms with E-state index in [1.54, 1.807) is 20.8 Å². The highest BCUT2D eigenvalue weighted by Crippen LogP contribution is 2.40. The molecular weight excluding hydrogens is 544 g/mol. The minimum atomic E-state index is -1.03. The summed E-state index contributed by atoms with van der Waals surface area (Å²) < 4.78 is 10.5. The molecule has 4 amide bonds. The SMILES string of the molecule is CCC(C)(C)[C@@H]1CC(C(=O)NC(CC(C)C)C(=O)C=O)N(C(=O)C(NC(=O)NCC(=O)OC2CCOC2)C(C)(C)C)C1. The smallest absolute Gasteiger partial charge is 0.325 e. The third-order valence-corrected chi connectivity index (χ3v) is 8.35. The van der Waals surface area contributed by atoms with E-state index >= 15 is 0 Å². The Morgan fingerprint density at radius 2 is 1.74 bits per heavy atom. The highest BCUT2D eigenvalue weighted by molar-refractivity contribution is 6.28. The summed E-state index contributed by atoms with van der Waals surface area (Å²) >= 11 is 0. The number of likely N-dealkylation sites (tertiary alicyclic amines) is 1. The molecule has 2 fully saturated rings. The lowest BCUT2D eigenvalue weighted by Gasteiger charge is -2.36. The minimum absolute atomic E-state index is 0.0173. The molecule has 0 aromatic heterocycles. The van der Waals surface area contributed by atoms with E-state index in [2.05, 4.69) is 36.7 Å². The Morgan fingerprint density at radius 3 is 2.26 bits per heavy atom. The lowest BCUT2D eigenvalue weighted by atomic mass is 9.75. The lowest BCUT2D eigenvalue weighted by Crippen LogP contribution is -2.60. The molecule has 0 spiro atoms. The number of hydrogen-bond acceptors (Lipinski definition) is 8. The molecule has 2 heterocycles. The number of ether oxygens (including phenoxy) is 2. The van der Waals surface area contributed by atoms with E-state index in [1.807, 2.05) is 13.8 Å². The van der Waals surface area contributed by atoms with E-state index in [0.717, 1.165) is 6.42 Å². The van der Waals surface area contributed by atoms with Crippen LogP contribution in [-0.4, -0.2) is 91.3 Å². The Hall–Kier alpha value is -3.02. The number of Topliss-reactive ketones (excluding diaryl/α,β-unsaturated/α-hetero) is 1. The zero-order valence-corrected chi connectivity index (χ0v) is 26.4. The van der Waals surface area contributed by atoms with Gasteiger partial charge < -0.3 is 30.3 Å². The number of amides is 4. The van der Waals surface area contributed by atoms with Gasteiger partial charge in [-0.25, -0.2) is 4.79 Å². The number of carbonyl (C=O) groups excluding carboxylic acids is 6. The standard InChI is InChI=1S/C30H50N4O8/c1-9-30(7,8)19-13-22(26(38)32-21(12-18(2)3)23(36)16-35)34(15-19)27(39)25(29(4,5)6)33-28(40)31-14-24(37)42-20-10-11-41-17-20/h16,18-22,25H,9-15,17H2,1-8H3,(H,32,38)(H2,31,33,40)/t19-,20?,21?,22?,25?/m1/s1. The Morgan fingerprint density at radius 1 is 1.07 bits per heavy atom. The first-order valence-corrected chi connectivity index (χ1v) is 14.9. The molecule has 4 unspecified atom stereocenters. The fourth-order valence-corrected chi connectivity index (χ4v) is 5.23. The predicted molar refractivity (Wildman–Crippen MR) is 155 cm³/mol. The number of rotatable bonds is 13. The molecule has 12 heteroatoms. The summed E-state index contributed by atoms with van der Waals surface area (Å²) in [4.78, 5) is 77.7. The number of ketones is 1. The summed E-state index contributed by atoms with van der Waals surface area (Å²) in [6.07, 6.45) is 1.95. The van der Waals surface area contributed by atoms with Crippen molar-refractivity contribution in [2.45, 2.75) is 105 Å². The molecule has 2 saturated heterocycles. The second kappa shape index (κ2) is 14.9. The largest absolute Gasteiger partial charge is 0.459 e. The molecule has 0 aliphatic carbocycles. The summed E-state index contributed by atoms with van der Waals surface area (Å²) in [5.41, 5.74) is -0.931. The van der Waals surface area contributed by atoms with Gasteiger partial charge in [0, 0.05) is 13.0 Å². The van der Waals surface area contributed by atoms with Gasteiger partial charge in [0.25, 0.3) is 0 Å². The van der Waals surface area contributed by atoms with Crippen LogP contribution in [0.1, 0.15) is 81.1 Å². The van der Waals surface area contributed by atoms with E-state index in [4.69, 9.17) is 9.47 Å². The Labute approximate surface area is 249 Å². The second-order valence-corrected chi connectivity index (χ2v) is 13.6. The third kappa shape index (κ3) is 9.78. The van der Waals surface area contributed by atoms with Gasteiger partial charge in [0.05, 0.1) is 19.3 Å². The number of urea groups is 1. The second-order valence-electron chi connectivity index (χ2n) is 13.6. The zero-order chi connectivity index (χ0) is 31.8. The van der Waals surface area contributed by atoms with Crippen molar-refractivity contribution in [3.63, 3.8) is 0 Å². The van der Waals surface area contributed by atoms with Crippen molar-refractivity contribution >= 4 is 35.9 Å². The summed E-state index contributed by atoms with van der Waals surface area (Å²) in [6, 6.07) is -3.62. The molecule has 42 heavy (non-hydrogen) atoms. The maximum absolute atomic E-state index is 14.1. The normalized spacial score (nSPS) is 22.3. The fourth-order valence-electron chi connectivity index (χ4n) is 5.23. The number of nitrogens with zero attached hydrogens (tertiary/aromatic N) is 1. The maximum Gasteiger partial charge on any atom is 0.325 e. The molecule has 0 aromatic rings. The molecule has 0 radical (unpaired) electrons. The van der Waals surface area contributed by atoms with Gasteiger partial charge in [0.15, 0.2) is 6.29 Å². The van der Waals surface area contributed by atoms with Crippen LogP contribution >= 0.6 is 0 Å². The van der Waals surface area contributed by atoms with Crippen LogP contribution in [0.15, 0.2) is 0 Å². The Kier molecular flexibility index (Phi) is 12.5. The molecule has 0 aromatic carbocycles. The highest BCUT2D eigenvalue weighted by atomic mass is 16.6. The van der Waals surface area contributed by atoms with Gasteiger partial charge in [-0.05, 0) is 35.5 Å². The average molecular weight is 595 g/mol. The van der Waals surface area contributed by atoms with Crippen molar-refractivity contribution in [2.75, 3.05) is 26.3 Å². The maximum atomic E-state index is 14.1. The quantitative estimate of drug-likeness (QED) is 0.166. The van der Waals surface area contributed by atoms with Crippen molar-refractivity contribution < 1.29 is 38.2 Å². The first-order valence-electron chi connectivity index (χ1n) is 14.9. The Balaban J connectivity index is 2.23. The van der Waals surface area contributed by atoms with Crippen molar-refractivity contribution in [3.05, 3.63) is 0 Å². The molecule has 238 valence electrons. The number of nitrogens with one attached hydrogen (secondary N) is 3. The summed E-state index contributed by atoms with van der Waals surface area (Å²) in [5.74, 6) is -2.25. The number of aldehydes is 1. The van der Waals surface area contributed by atoms with Crippen molar-refractivity contribution in [1.29, 1.82) is 0 Å². The van der Waals surface area contributed by atoms with Gasteiger partial charge in [-0.3, -0.25) is 24.0 Å². The first kappa shape index (κ1) is 35.2. The minimum Gasteiger partial charge on any atom is -0.459 e. The summed E-state index contributed by atoms with van der Waals surface area (Å²) in [5, 5.41) is 7.88. The van der Waals surface area contributed by atoms with Crippen LogP contribution < -0.4 is 16.0 Å². The van der Waals surface area contributed by atoms with Crippen molar-refractivity contribution in [1.82, 2.24) is 20.9 Å². The van der Waals surface area contributed by atoms with E-state index in [-0.39, 0.29) is 42.6 Å². The van der Waals surface area contributed by atoms with Gasteiger partial charge >= 0.3 is 12.0 Å². The van der Waals surface area contributed by atoms with Gasteiger partial charge in [-0.15, -0.1) is 0 Å². The van der Waals surface area contributed by atoms with Gasteiger partial charge in [0.2, 0.25) is 17.6 Å². The number of hydrogen-bond donors (Lipinski definition) is 3. The molecule has 2 rings (SSSR count). The molecule has 0 saturated carbocycles. The molecular formula is C30H50N4O8. The van der Waals surface area contributed by atoms with E-state index in [0.29, 0.717) is 32.6 Å². The lowest BCUT2D eigenvalue weighted by molar-refractivity contribution is -0.147. The molecule has 12 nitrogen and oxygen atoms in total. The molecule has 2 aliphatic rings. The van der Waals surface area contributed by atoms with Gasteiger partial charge in [-0.2, -0.15) is 0 Å². The van der Waals surface area contributed by atoms with Crippen LogP contribution in [0.25, 0.3) is 0 Å². The van der Waals surface area contributed by atoms with Gasteiger partial charge in [0.1, 0.15) is 24.7 Å². The van der Waals surface area contributed by atoms with E-state index < -0.39 is 53.1 Å². The zero-order valence-electron chi connectivity index (χ0n) is 26.4. The number of esters is 1. The van der Waals surface area contributed by atoms with Crippen LogP contribution in [0.5, 0.6) is 0 Å². The van der Waals surface area contributed by atoms with Crippen LogP contribution in [0.4, 0.5) is 4.79 Å². The summed E-state index contributed by atoms with van der Waals surface area (Å²) in [6.45, 7) is 16.1. The first-order chi connectivity index (χ1) is 19.5. The monoisotopic (exact) mass is 594 g/mol. The fraction of sp³-hybridized carbons (Fsp3) is 0.800. The van der Waals surface area contributed by atoms with Crippen LogP contribution in [-0.2, 0) is 33.4 Å². The molecule has 2 aliphatic heterocycles. The van der Waals surface area contributed by atoms with E-state index in [9.17, 15) is 28.8 Å². The highest BCUT2D eigenvalue weighted by Gasteiger charge is 2.48. The van der Waals surface area contributed by atoms with Crippen molar-refractivity contribution in [2.24, 2.45) is 22.7 Å². The average Bonchev–Trinajstić information content (AvgIpc) is 3.59. The van der Waals surface area contributed by atoms with Gasteiger partial charge in [-0.1, -0.05) is 61.8 Å².